The van der Waals surface area contributed by atoms with Gasteiger partial charge in [0.25, 0.3) is 0 Å². The highest BCUT2D eigenvalue weighted by atomic mass is 32.2. The molecule has 3 rings (SSSR count). The van der Waals surface area contributed by atoms with Gasteiger partial charge in [0.1, 0.15) is 0 Å². The normalized spacial score (nSPS) is 17.7. The molecule has 1 aliphatic heterocycles. The molecule has 5 nitrogen and oxygen atoms in total. The fourth-order valence-electron chi connectivity index (χ4n) is 3.43. The molecule has 1 atom stereocenters. The minimum absolute atomic E-state index is 0.0114. The summed E-state index contributed by atoms with van der Waals surface area (Å²) in [5.74, 6) is 0.0114. The maximum absolute atomic E-state index is 12.6. The molecular weight excluding hydrogens is 358 g/mol. The van der Waals surface area contributed by atoms with Crippen molar-refractivity contribution in [3.8, 4) is 0 Å². The first-order valence-corrected chi connectivity index (χ1v) is 11.1. The maximum atomic E-state index is 12.6. The molecule has 0 spiro atoms. The van der Waals surface area contributed by atoms with Crippen molar-refractivity contribution in [3.63, 3.8) is 0 Å². The number of aryl methyl sites for hydroxylation is 1. The van der Waals surface area contributed by atoms with Crippen molar-refractivity contribution in [2.45, 2.75) is 18.7 Å². The van der Waals surface area contributed by atoms with Crippen LogP contribution in [0.1, 0.15) is 22.7 Å². The van der Waals surface area contributed by atoms with Gasteiger partial charge in [-0.1, -0.05) is 60.2 Å². The number of hydrogen-bond acceptors (Lipinski definition) is 4. The summed E-state index contributed by atoms with van der Waals surface area (Å²) in [4.78, 5) is 4.68. The van der Waals surface area contributed by atoms with Gasteiger partial charge in [0.2, 0.25) is 10.0 Å². The Kier molecular flexibility index (Phi) is 6.65. The van der Waals surface area contributed by atoms with Crippen molar-refractivity contribution in [2.75, 3.05) is 39.8 Å². The van der Waals surface area contributed by atoms with Gasteiger partial charge < -0.3 is 4.90 Å². The van der Waals surface area contributed by atoms with Crippen LogP contribution >= 0.6 is 0 Å². The largest absolute Gasteiger partial charge is 0.304 e. The van der Waals surface area contributed by atoms with Crippen LogP contribution in [0.4, 0.5) is 0 Å². The third-order valence-corrected chi connectivity index (χ3v) is 6.46. The van der Waals surface area contributed by atoms with Gasteiger partial charge in [-0.25, -0.2) is 13.1 Å². The van der Waals surface area contributed by atoms with Gasteiger partial charge in [-0.3, -0.25) is 4.90 Å². The second kappa shape index (κ2) is 8.97. The zero-order chi connectivity index (χ0) is 19.3. The fourth-order valence-corrected chi connectivity index (χ4v) is 4.57. The highest BCUT2D eigenvalue weighted by Gasteiger charge is 2.25. The SMILES string of the molecule is Cc1ccc(CS(=O)(=O)NCC(c2ccccc2)N2CCN(C)CC2)cc1. The number of piperazine rings is 1. The number of likely N-dealkylation sites (N-methyl/N-ethyl adjacent to an activating group) is 1. The summed E-state index contributed by atoms with van der Waals surface area (Å²) in [7, 11) is -1.26. The summed E-state index contributed by atoms with van der Waals surface area (Å²) in [5.41, 5.74) is 3.09. The molecule has 146 valence electrons. The van der Waals surface area contributed by atoms with E-state index in [-0.39, 0.29) is 11.8 Å². The molecule has 0 aliphatic carbocycles. The highest BCUT2D eigenvalue weighted by molar-refractivity contribution is 7.88. The van der Waals surface area contributed by atoms with Gasteiger partial charge in [-0.05, 0) is 25.1 Å². The van der Waals surface area contributed by atoms with Gasteiger partial charge in [0.15, 0.2) is 0 Å². The zero-order valence-electron chi connectivity index (χ0n) is 16.1. The lowest BCUT2D eigenvalue weighted by molar-refractivity contribution is 0.113. The molecule has 1 unspecified atom stereocenters. The molecule has 1 N–H and O–H groups in total. The van der Waals surface area contributed by atoms with E-state index in [4.69, 9.17) is 0 Å². The lowest BCUT2D eigenvalue weighted by Crippen LogP contribution is -2.48. The van der Waals surface area contributed by atoms with Crippen LogP contribution in [0.3, 0.4) is 0 Å². The summed E-state index contributed by atoms with van der Waals surface area (Å²) in [6.45, 7) is 6.27. The van der Waals surface area contributed by atoms with Gasteiger partial charge >= 0.3 is 0 Å². The molecule has 0 saturated carbocycles. The lowest BCUT2D eigenvalue weighted by atomic mass is 10.0. The quantitative estimate of drug-likeness (QED) is 0.793. The van der Waals surface area contributed by atoms with Crippen molar-refractivity contribution in [1.29, 1.82) is 0 Å². The van der Waals surface area contributed by atoms with E-state index in [0.717, 1.165) is 42.9 Å². The second-order valence-corrected chi connectivity index (χ2v) is 9.17. The third-order valence-electron chi connectivity index (χ3n) is 5.14. The summed E-state index contributed by atoms with van der Waals surface area (Å²) in [6.07, 6.45) is 0. The Labute approximate surface area is 163 Å². The van der Waals surface area contributed by atoms with Crippen molar-refractivity contribution in [2.24, 2.45) is 0 Å². The van der Waals surface area contributed by atoms with Crippen molar-refractivity contribution < 1.29 is 8.42 Å². The van der Waals surface area contributed by atoms with E-state index in [1.807, 2.05) is 49.4 Å². The standard InChI is InChI=1S/C21H29N3O2S/c1-18-8-10-19(11-9-18)17-27(25,26)22-16-21(20-6-4-3-5-7-20)24-14-12-23(2)13-15-24/h3-11,21-22H,12-17H2,1-2H3. The molecule has 0 aromatic heterocycles. The van der Waals surface area contributed by atoms with E-state index in [1.54, 1.807) is 0 Å². The van der Waals surface area contributed by atoms with Crippen LogP contribution in [0.2, 0.25) is 0 Å². The Morgan fingerprint density at radius 1 is 0.963 bits per heavy atom. The van der Waals surface area contributed by atoms with E-state index >= 15 is 0 Å². The molecular formula is C21H29N3O2S. The third kappa shape index (κ3) is 5.87. The molecule has 1 fully saturated rings. The van der Waals surface area contributed by atoms with Gasteiger partial charge in [0, 0.05) is 38.8 Å². The molecule has 2 aromatic rings. The van der Waals surface area contributed by atoms with E-state index in [9.17, 15) is 8.42 Å². The highest BCUT2D eigenvalue weighted by Crippen LogP contribution is 2.22. The van der Waals surface area contributed by atoms with Crippen LogP contribution in [0, 0.1) is 6.92 Å². The van der Waals surface area contributed by atoms with Crippen LogP contribution in [0.25, 0.3) is 0 Å². The fraction of sp³-hybridized carbons (Fsp3) is 0.429. The summed E-state index contributed by atoms with van der Waals surface area (Å²) in [5, 5.41) is 0. The number of hydrogen-bond donors (Lipinski definition) is 1. The Morgan fingerprint density at radius 2 is 1.59 bits per heavy atom. The number of benzene rings is 2. The number of rotatable bonds is 7. The van der Waals surface area contributed by atoms with Crippen molar-refractivity contribution >= 4 is 10.0 Å². The molecule has 0 amide bonds. The van der Waals surface area contributed by atoms with Crippen LogP contribution < -0.4 is 4.72 Å². The first-order valence-electron chi connectivity index (χ1n) is 9.43. The van der Waals surface area contributed by atoms with Crippen LogP contribution in [0.5, 0.6) is 0 Å². The van der Waals surface area contributed by atoms with Gasteiger partial charge in [-0.2, -0.15) is 0 Å². The molecule has 1 saturated heterocycles. The lowest BCUT2D eigenvalue weighted by Gasteiger charge is -2.38. The predicted octanol–water partition coefficient (Wildman–Crippen LogP) is 2.40. The molecule has 0 radical (unpaired) electrons. The molecule has 0 bridgehead atoms. The molecule has 6 heteroatoms. The van der Waals surface area contributed by atoms with Crippen LogP contribution in [-0.2, 0) is 15.8 Å². The number of nitrogens with zero attached hydrogens (tertiary/aromatic N) is 2. The Balaban J connectivity index is 1.69. The van der Waals surface area contributed by atoms with Crippen LogP contribution in [0.15, 0.2) is 54.6 Å². The zero-order valence-corrected chi connectivity index (χ0v) is 17.0. The average molecular weight is 388 g/mol. The summed E-state index contributed by atoms with van der Waals surface area (Å²) < 4.78 is 28.1. The molecule has 27 heavy (non-hydrogen) atoms. The topological polar surface area (TPSA) is 52.7 Å². The van der Waals surface area contributed by atoms with Crippen molar-refractivity contribution in [3.05, 3.63) is 71.3 Å². The predicted molar refractivity (Wildman–Crippen MR) is 110 cm³/mol. The Bertz CT molecular complexity index is 814. The van der Waals surface area contributed by atoms with Crippen molar-refractivity contribution in [1.82, 2.24) is 14.5 Å². The Morgan fingerprint density at radius 3 is 2.22 bits per heavy atom. The second-order valence-electron chi connectivity index (χ2n) is 7.36. The van der Waals surface area contributed by atoms with E-state index in [2.05, 4.69) is 33.7 Å². The van der Waals surface area contributed by atoms with Gasteiger partial charge in [-0.15, -0.1) is 0 Å². The molecule has 2 aromatic carbocycles. The minimum atomic E-state index is -3.39. The monoisotopic (exact) mass is 387 g/mol. The summed E-state index contributed by atoms with van der Waals surface area (Å²) >= 11 is 0. The first kappa shape index (κ1) is 20.0. The van der Waals surface area contributed by atoms with E-state index in [1.165, 1.54) is 0 Å². The maximum Gasteiger partial charge on any atom is 0.215 e. The minimum Gasteiger partial charge on any atom is -0.304 e. The van der Waals surface area contributed by atoms with E-state index < -0.39 is 10.0 Å². The Hall–Kier alpha value is -1.73. The first-order chi connectivity index (χ1) is 12.9. The van der Waals surface area contributed by atoms with Crippen LogP contribution in [-0.4, -0.2) is 58.0 Å². The number of nitrogens with one attached hydrogen (secondary N) is 1. The number of sulfonamides is 1. The average Bonchev–Trinajstić information content (AvgIpc) is 2.66. The smallest absolute Gasteiger partial charge is 0.215 e. The molecule has 1 heterocycles. The summed E-state index contributed by atoms with van der Waals surface area (Å²) in [6, 6.07) is 17.9. The van der Waals surface area contributed by atoms with E-state index in [0.29, 0.717) is 6.54 Å². The van der Waals surface area contributed by atoms with Gasteiger partial charge in [0.05, 0.1) is 5.75 Å². The molecule has 1 aliphatic rings.